The number of rotatable bonds is 7. The van der Waals surface area contributed by atoms with Crippen LogP contribution >= 0.6 is 11.6 Å². The van der Waals surface area contributed by atoms with Gasteiger partial charge in [0, 0.05) is 41.6 Å². The molecule has 6 nitrogen and oxygen atoms in total. The summed E-state index contributed by atoms with van der Waals surface area (Å²) in [6.45, 7) is 7.37. The minimum absolute atomic E-state index is 0.0771. The lowest BCUT2D eigenvalue weighted by atomic mass is 10.1. The number of carbonyl (C=O) groups excluding carboxylic acids is 1. The van der Waals surface area contributed by atoms with Crippen LogP contribution in [-0.2, 0) is 0 Å². The van der Waals surface area contributed by atoms with E-state index in [2.05, 4.69) is 39.4 Å². The van der Waals surface area contributed by atoms with Crippen molar-refractivity contribution in [3.8, 4) is 0 Å². The zero-order valence-corrected chi connectivity index (χ0v) is 16.5. The number of halogens is 1. The summed E-state index contributed by atoms with van der Waals surface area (Å²) in [6, 6.07) is 5.39. The van der Waals surface area contributed by atoms with E-state index in [0.717, 1.165) is 28.8 Å². The number of carbonyl (C=O) groups is 1. The zero-order valence-electron chi connectivity index (χ0n) is 15.7. The summed E-state index contributed by atoms with van der Waals surface area (Å²) < 4.78 is 0. The van der Waals surface area contributed by atoms with Gasteiger partial charge in [0.1, 0.15) is 5.82 Å². The lowest BCUT2D eigenvalue weighted by molar-refractivity contribution is 0.0949. The molecule has 1 atom stereocenters. The van der Waals surface area contributed by atoms with Gasteiger partial charge >= 0.3 is 0 Å². The van der Waals surface area contributed by atoms with Gasteiger partial charge in [-0.15, -0.1) is 0 Å². The molecule has 27 heavy (non-hydrogen) atoms. The summed E-state index contributed by atoms with van der Waals surface area (Å²) in [4.78, 5) is 24.3. The van der Waals surface area contributed by atoms with Gasteiger partial charge in [-0.2, -0.15) is 0 Å². The van der Waals surface area contributed by atoms with Gasteiger partial charge in [-0.05, 0) is 37.6 Å². The standard InChI is InChI=1S/C20H24ClN5O/c1-12(2)8-25-18(14-9-23-13(3)24-10-14)11-26-20(27)16-4-5-17-15(19(16)21)6-7-22-17/h4-7,9-10,12,18,22,25H,8,11H2,1-3H3,(H,26,27). The number of benzene rings is 1. The van der Waals surface area contributed by atoms with Crippen molar-refractivity contribution in [1.29, 1.82) is 0 Å². The van der Waals surface area contributed by atoms with Crippen LogP contribution in [0.4, 0.5) is 0 Å². The average molecular weight is 386 g/mol. The molecule has 142 valence electrons. The molecule has 0 aliphatic carbocycles. The van der Waals surface area contributed by atoms with Crippen LogP contribution in [-0.4, -0.2) is 33.9 Å². The summed E-state index contributed by atoms with van der Waals surface area (Å²) in [5.74, 6) is 1.00. The molecule has 7 heteroatoms. The number of aromatic nitrogens is 3. The van der Waals surface area contributed by atoms with Crippen LogP contribution in [0.1, 0.15) is 41.6 Å². The van der Waals surface area contributed by atoms with E-state index in [-0.39, 0.29) is 11.9 Å². The van der Waals surface area contributed by atoms with Gasteiger partial charge in [0.25, 0.3) is 5.91 Å². The second kappa shape index (κ2) is 8.50. The summed E-state index contributed by atoms with van der Waals surface area (Å²) in [6.07, 6.45) is 5.40. The Morgan fingerprint density at radius 1 is 1.19 bits per heavy atom. The lowest BCUT2D eigenvalue weighted by Gasteiger charge is -2.21. The Morgan fingerprint density at radius 2 is 1.93 bits per heavy atom. The first-order valence-electron chi connectivity index (χ1n) is 9.01. The van der Waals surface area contributed by atoms with Crippen LogP contribution in [0, 0.1) is 12.8 Å². The number of aromatic amines is 1. The first kappa shape index (κ1) is 19.3. The van der Waals surface area contributed by atoms with Gasteiger partial charge in [0.15, 0.2) is 0 Å². The van der Waals surface area contributed by atoms with Crippen LogP contribution in [0.5, 0.6) is 0 Å². The normalized spacial score (nSPS) is 12.5. The number of fused-ring (bicyclic) bond motifs is 1. The molecule has 3 N–H and O–H groups in total. The first-order chi connectivity index (χ1) is 13.0. The van der Waals surface area contributed by atoms with Crippen molar-refractivity contribution in [2.75, 3.05) is 13.1 Å². The number of H-pyrrole nitrogens is 1. The Morgan fingerprint density at radius 3 is 2.63 bits per heavy atom. The Kier molecular flexibility index (Phi) is 6.08. The maximum absolute atomic E-state index is 12.7. The number of amides is 1. The molecule has 0 bridgehead atoms. The highest BCUT2D eigenvalue weighted by atomic mass is 35.5. The Hall–Kier alpha value is -2.44. The van der Waals surface area contributed by atoms with Gasteiger partial charge in [-0.3, -0.25) is 4.79 Å². The number of nitrogens with one attached hydrogen (secondary N) is 3. The highest BCUT2D eigenvalue weighted by Crippen LogP contribution is 2.26. The quantitative estimate of drug-likeness (QED) is 0.580. The number of hydrogen-bond acceptors (Lipinski definition) is 4. The van der Waals surface area contributed by atoms with Gasteiger partial charge in [0.2, 0.25) is 0 Å². The fourth-order valence-electron chi connectivity index (χ4n) is 2.83. The van der Waals surface area contributed by atoms with E-state index in [0.29, 0.717) is 23.0 Å². The first-order valence-corrected chi connectivity index (χ1v) is 9.39. The summed E-state index contributed by atoms with van der Waals surface area (Å²) in [5.41, 5.74) is 2.31. The summed E-state index contributed by atoms with van der Waals surface area (Å²) in [7, 11) is 0. The fourth-order valence-corrected chi connectivity index (χ4v) is 3.14. The van der Waals surface area contributed by atoms with E-state index < -0.39 is 0 Å². The van der Waals surface area contributed by atoms with Gasteiger partial charge in [-0.1, -0.05) is 25.4 Å². The van der Waals surface area contributed by atoms with Crippen LogP contribution in [0.3, 0.4) is 0 Å². The average Bonchev–Trinajstić information content (AvgIpc) is 3.12. The van der Waals surface area contributed by atoms with Gasteiger partial charge < -0.3 is 15.6 Å². The topological polar surface area (TPSA) is 82.7 Å². The maximum Gasteiger partial charge on any atom is 0.252 e. The predicted octanol–water partition coefficient (Wildman–Crippen LogP) is 3.64. The minimum atomic E-state index is -0.201. The molecule has 2 heterocycles. The molecule has 3 aromatic rings. The van der Waals surface area contributed by atoms with E-state index in [1.165, 1.54) is 0 Å². The van der Waals surface area contributed by atoms with Crippen molar-refractivity contribution in [3.05, 3.63) is 58.8 Å². The van der Waals surface area contributed by atoms with Crippen molar-refractivity contribution >= 4 is 28.4 Å². The van der Waals surface area contributed by atoms with E-state index in [4.69, 9.17) is 11.6 Å². The predicted molar refractivity (Wildman–Crippen MR) is 108 cm³/mol. The molecular formula is C20H24ClN5O. The Balaban J connectivity index is 1.74. The van der Waals surface area contributed by atoms with Crippen molar-refractivity contribution < 1.29 is 4.79 Å². The molecule has 1 unspecified atom stereocenters. The van der Waals surface area contributed by atoms with Crippen LogP contribution in [0.15, 0.2) is 36.8 Å². The molecule has 0 aliphatic heterocycles. The lowest BCUT2D eigenvalue weighted by Crippen LogP contribution is -2.36. The fraction of sp³-hybridized carbons (Fsp3) is 0.350. The second-order valence-corrected chi connectivity index (χ2v) is 7.37. The molecule has 3 rings (SSSR count). The molecule has 0 spiro atoms. The molecule has 1 amide bonds. The maximum atomic E-state index is 12.7. The highest BCUT2D eigenvalue weighted by molar-refractivity contribution is 6.38. The molecule has 0 radical (unpaired) electrons. The third kappa shape index (κ3) is 4.64. The monoisotopic (exact) mass is 385 g/mol. The van der Waals surface area contributed by atoms with E-state index >= 15 is 0 Å². The minimum Gasteiger partial charge on any atom is -0.361 e. The third-order valence-corrected chi connectivity index (χ3v) is 4.76. The van der Waals surface area contributed by atoms with Gasteiger partial charge in [0.05, 0.1) is 16.6 Å². The van der Waals surface area contributed by atoms with E-state index in [9.17, 15) is 4.79 Å². The Labute approximate surface area is 163 Å². The molecule has 0 aliphatic rings. The van der Waals surface area contributed by atoms with E-state index in [1.54, 1.807) is 18.5 Å². The molecular weight excluding hydrogens is 362 g/mol. The number of aryl methyl sites for hydroxylation is 1. The zero-order chi connectivity index (χ0) is 19.4. The molecule has 2 aromatic heterocycles. The SMILES string of the molecule is Cc1ncc(C(CNC(=O)c2ccc3[nH]ccc3c2Cl)NCC(C)C)cn1. The van der Waals surface area contributed by atoms with Crippen molar-refractivity contribution in [2.45, 2.75) is 26.8 Å². The van der Waals surface area contributed by atoms with Crippen LogP contribution in [0.25, 0.3) is 10.9 Å². The summed E-state index contributed by atoms with van der Waals surface area (Å²) in [5, 5.41) is 7.74. The van der Waals surface area contributed by atoms with Crippen LogP contribution in [0.2, 0.25) is 5.02 Å². The van der Waals surface area contributed by atoms with Gasteiger partial charge in [-0.25, -0.2) is 9.97 Å². The Bertz CT molecular complexity index is 920. The van der Waals surface area contributed by atoms with Crippen molar-refractivity contribution in [2.24, 2.45) is 5.92 Å². The second-order valence-electron chi connectivity index (χ2n) is 6.99. The third-order valence-electron chi connectivity index (χ3n) is 4.36. The van der Waals surface area contributed by atoms with E-state index in [1.807, 2.05) is 25.3 Å². The van der Waals surface area contributed by atoms with Crippen LogP contribution < -0.4 is 10.6 Å². The summed E-state index contributed by atoms with van der Waals surface area (Å²) >= 11 is 6.41. The smallest absolute Gasteiger partial charge is 0.252 e. The molecule has 0 fully saturated rings. The largest absolute Gasteiger partial charge is 0.361 e. The highest BCUT2D eigenvalue weighted by Gasteiger charge is 2.17. The number of nitrogens with zero attached hydrogens (tertiary/aromatic N) is 2. The molecule has 1 aromatic carbocycles. The molecule has 0 saturated heterocycles. The number of hydrogen-bond donors (Lipinski definition) is 3. The molecule has 0 saturated carbocycles. The van der Waals surface area contributed by atoms with Crippen molar-refractivity contribution in [1.82, 2.24) is 25.6 Å². The van der Waals surface area contributed by atoms with Crippen molar-refractivity contribution in [3.63, 3.8) is 0 Å².